The van der Waals surface area contributed by atoms with Crippen LogP contribution in [0.25, 0.3) is 0 Å². The lowest BCUT2D eigenvalue weighted by Gasteiger charge is -2.42. The van der Waals surface area contributed by atoms with E-state index in [2.05, 4.69) is 19.2 Å². The van der Waals surface area contributed by atoms with Gasteiger partial charge in [0.25, 0.3) is 0 Å². The highest BCUT2D eigenvalue weighted by molar-refractivity contribution is 5.97. The molecule has 3 rings (SSSR count). The molecule has 1 N–H and O–H groups in total. The van der Waals surface area contributed by atoms with E-state index in [1.165, 1.54) is 0 Å². The first-order valence-electron chi connectivity index (χ1n) is 8.30. The van der Waals surface area contributed by atoms with Crippen LogP contribution >= 0.6 is 0 Å². The van der Waals surface area contributed by atoms with Crippen LogP contribution < -0.4 is 5.32 Å². The number of rotatable bonds is 5. The molecule has 5 nitrogen and oxygen atoms in total. The van der Waals surface area contributed by atoms with Crippen molar-refractivity contribution in [2.24, 2.45) is 17.8 Å². The second-order valence-corrected chi connectivity index (χ2v) is 6.87. The summed E-state index contributed by atoms with van der Waals surface area (Å²) in [5.41, 5.74) is 0. The molecule has 2 saturated heterocycles. The minimum Gasteiger partial charge on any atom is -0.381 e. The fraction of sp³-hybridized carbons (Fsp3) is 0.875. The van der Waals surface area contributed by atoms with Crippen LogP contribution in [0, 0.1) is 17.8 Å². The van der Waals surface area contributed by atoms with Gasteiger partial charge in [0.2, 0.25) is 11.8 Å². The van der Waals surface area contributed by atoms with Gasteiger partial charge >= 0.3 is 0 Å². The summed E-state index contributed by atoms with van der Waals surface area (Å²) in [7, 11) is 0. The Morgan fingerprint density at radius 2 is 2.10 bits per heavy atom. The minimum atomic E-state index is -0.307. The van der Waals surface area contributed by atoms with Crippen LogP contribution in [0.3, 0.4) is 0 Å². The summed E-state index contributed by atoms with van der Waals surface area (Å²) in [6, 6.07) is -0.585. The van der Waals surface area contributed by atoms with Crippen molar-refractivity contribution in [2.45, 2.75) is 51.6 Å². The fourth-order valence-electron chi connectivity index (χ4n) is 3.50. The third kappa shape index (κ3) is 2.93. The summed E-state index contributed by atoms with van der Waals surface area (Å²) < 4.78 is 5.43. The zero-order valence-corrected chi connectivity index (χ0v) is 13.0. The first-order chi connectivity index (χ1) is 10.1. The van der Waals surface area contributed by atoms with Crippen molar-refractivity contribution in [1.82, 2.24) is 10.2 Å². The number of hydrogen-bond acceptors (Lipinski definition) is 3. The normalized spacial score (nSPS) is 35.0. The summed E-state index contributed by atoms with van der Waals surface area (Å²) in [4.78, 5) is 27.2. The van der Waals surface area contributed by atoms with E-state index in [1.54, 1.807) is 0 Å². The smallest absolute Gasteiger partial charge is 0.246 e. The standard InChI is InChI=1S/C16H26N2O3/c1-3-10(2)14-15(19)17-13(12-4-5-12)16(20)18(14)8-11-6-7-21-9-11/h10-14H,3-9H2,1-2H3,(H,17,19). The molecule has 2 heterocycles. The Balaban J connectivity index is 1.79. The molecule has 5 heteroatoms. The molecule has 21 heavy (non-hydrogen) atoms. The van der Waals surface area contributed by atoms with Gasteiger partial charge in [-0.15, -0.1) is 0 Å². The highest BCUT2D eigenvalue weighted by Gasteiger charge is 2.48. The average molecular weight is 294 g/mol. The third-order valence-electron chi connectivity index (χ3n) is 5.21. The van der Waals surface area contributed by atoms with E-state index < -0.39 is 0 Å². The maximum absolute atomic E-state index is 12.8. The van der Waals surface area contributed by atoms with Crippen LogP contribution in [-0.2, 0) is 14.3 Å². The van der Waals surface area contributed by atoms with Crippen LogP contribution in [0.15, 0.2) is 0 Å². The highest BCUT2D eigenvalue weighted by Crippen LogP contribution is 2.36. The largest absolute Gasteiger partial charge is 0.381 e. The number of piperazine rings is 1. The van der Waals surface area contributed by atoms with Gasteiger partial charge in [-0.25, -0.2) is 0 Å². The molecule has 118 valence electrons. The monoisotopic (exact) mass is 294 g/mol. The molecule has 2 aliphatic heterocycles. The van der Waals surface area contributed by atoms with Crippen molar-refractivity contribution >= 4 is 11.8 Å². The van der Waals surface area contributed by atoms with E-state index in [-0.39, 0.29) is 29.8 Å². The molecule has 0 spiro atoms. The number of nitrogens with one attached hydrogen (secondary N) is 1. The summed E-state index contributed by atoms with van der Waals surface area (Å²) >= 11 is 0. The van der Waals surface area contributed by atoms with E-state index in [0.29, 0.717) is 25.0 Å². The SMILES string of the molecule is CCC(C)C1C(=O)NC(C2CC2)C(=O)N1CC1CCOC1. The van der Waals surface area contributed by atoms with E-state index in [9.17, 15) is 9.59 Å². The second kappa shape index (κ2) is 5.95. The zero-order valence-electron chi connectivity index (χ0n) is 13.0. The Morgan fingerprint density at radius 1 is 1.33 bits per heavy atom. The molecule has 0 radical (unpaired) electrons. The first-order valence-corrected chi connectivity index (χ1v) is 8.30. The molecule has 0 aromatic rings. The molecule has 0 aromatic heterocycles. The van der Waals surface area contributed by atoms with Crippen molar-refractivity contribution < 1.29 is 14.3 Å². The Labute approximate surface area is 126 Å². The maximum Gasteiger partial charge on any atom is 0.246 e. The van der Waals surface area contributed by atoms with Crippen molar-refractivity contribution in [3.63, 3.8) is 0 Å². The quantitative estimate of drug-likeness (QED) is 0.828. The van der Waals surface area contributed by atoms with Gasteiger partial charge in [-0.3, -0.25) is 9.59 Å². The van der Waals surface area contributed by atoms with Gasteiger partial charge in [0.15, 0.2) is 0 Å². The van der Waals surface area contributed by atoms with Gasteiger partial charge in [-0.05, 0) is 31.1 Å². The zero-order chi connectivity index (χ0) is 15.0. The van der Waals surface area contributed by atoms with Gasteiger partial charge in [-0.2, -0.15) is 0 Å². The van der Waals surface area contributed by atoms with Crippen molar-refractivity contribution in [3.05, 3.63) is 0 Å². The van der Waals surface area contributed by atoms with E-state index in [1.807, 2.05) is 4.90 Å². The second-order valence-electron chi connectivity index (χ2n) is 6.87. The van der Waals surface area contributed by atoms with Gasteiger partial charge in [-0.1, -0.05) is 20.3 Å². The Bertz CT molecular complexity index is 416. The average Bonchev–Trinajstić information content (AvgIpc) is 3.19. The Kier molecular flexibility index (Phi) is 4.20. The molecule has 0 bridgehead atoms. The predicted molar refractivity (Wildman–Crippen MR) is 78.5 cm³/mol. The van der Waals surface area contributed by atoms with E-state index in [0.717, 1.165) is 32.3 Å². The molecular formula is C16H26N2O3. The van der Waals surface area contributed by atoms with Crippen molar-refractivity contribution in [2.75, 3.05) is 19.8 Å². The molecular weight excluding hydrogens is 268 g/mol. The molecule has 2 amide bonds. The van der Waals surface area contributed by atoms with E-state index >= 15 is 0 Å². The van der Waals surface area contributed by atoms with Crippen molar-refractivity contribution in [3.8, 4) is 0 Å². The number of amides is 2. The van der Waals surface area contributed by atoms with Crippen LogP contribution in [0.4, 0.5) is 0 Å². The number of carbonyl (C=O) groups excluding carboxylic acids is 2. The van der Waals surface area contributed by atoms with Gasteiger partial charge < -0.3 is 15.0 Å². The van der Waals surface area contributed by atoms with Crippen molar-refractivity contribution in [1.29, 1.82) is 0 Å². The van der Waals surface area contributed by atoms with E-state index in [4.69, 9.17) is 4.74 Å². The molecule has 0 aromatic carbocycles. The third-order valence-corrected chi connectivity index (χ3v) is 5.21. The minimum absolute atomic E-state index is 0.0414. The lowest BCUT2D eigenvalue weighted by atomic mass is 9.91. The first kappa shape index (κ1) is 14.8. The number of ether oxygens (including phenoxy) is 1. The van der Waals surface area contributed by atoms with Crippen LogP contribution in [-0.4, -0.2) is 48.6 Å². The van der Waals surface area contributed by atoms with Gasteiger partial charge in [0.05, 0.1) is 6.61 Å². The summed E-state index contributed by atoms with van der Waals surface area (Å²) in [6.07, 6.45) is 4.01. The van der Waals surface area contributed by atoms with Crippen LogP contribution in [0.1, 0.15) is 39.5 Å². The summed E-state index contributed by atoms with van der Waals surface area (Å²) in [6.45, 7) is 6.30. The number of carbonyl (C=O) groups is 2. The maximum atomic E-state index is 12.8. The predicted octanol–water partition coefficient (Wildman–Crippen LogP) is 1.17. The molecule has 1 saturated carbocycles. The topological polar surface area (TPSA) is 58.6 Å². The lowest BCUT2D eigenvalue weighted by Crippen LogP contribution is -2.66. The molecule has 4 unspecified atom stereocenters. The molecule has 4 atom stereocenters. The highest BCUT2D eigenvalue weighted by atomic mass is 16.5. The summed E-state index contributed by atoms with van der Waals surface area (Å²) in [5, 5.41) is 2.99. The van der Waals surface area contributed by atoms with Gasteiger partial charge in [0.1, 0.15) is 12.1 Å². The number of nitrogens with zero attached hydrogens (tertiary/aromatic N) is 1. The Morgan fingerprint density at radius 3 is 2.67 bits per heavy atom. The lowest BCUT2D eigenvalue weighted by molar-refractivity contribution is -0.152. The van der Waals surface area contributed by atoms with Crippen LogP contribution in [0.5, 0.6) is 0 Å². The molecule has 1 aliphatic carbocycles. The molecule has 3 aliphatic rings. The van der Waals surface area contributed by atoms with Crippen LogP contribution in [0.2, 0.25) is 0 Å². The summed E-state index contributed by atoms with van der Waals surface area (Å²) in [5.74, 6) is 1.11. The Hall–Kier alpha value is -1.10. The molecule has 3 fully saturated rings. The fourth-order valence-corrected chi connectivity index (χ4v) is 3.50. The number of hydrogen-bond donors (Lipinski definition) is 1. The van der Waals surface area contributed by atoms with Gasteiger partial charge in [0, 0.05) is 19.1 Å².